The number of hydrogen-bond donors (Lipinski definition) is 1. The van der Waals surface area contributed by atoms with Crippen LogP contribution in [0.5, 0.6) is 0 Å². The molecule has 1 aromatic heterocycles. The lowest BCUT2D eigenvalue weighted by atomic mass is 10.1. The van der Waals surface area contributed by atoms with Crippen LogP contribution in [0.3, 0.4) is 0 Å². The number of carbonyl (C=O) groups is 1. The van der Waals surface area contributed by atoms with Gasteiger partial charge in [0.15, 0.2) is 0 Å². The highest BCUT2D eigenvalue weighted by Crippen LogP contribution is 2.33. The van der Waals surface area contributed by atoms with Gasteiger partial charge in [0, 0.05) is 22.8 Å². The average molecular weight is 527 g/mol. The van der Waals surface area contributed by atoms with Crippen LogP contribution >= 0.6 is 11.8 Å². The predicted octanol–water partition coefficient (Wildman–Crippen LogP) is 5.20. The molecule has 1 N–H and O–H groups in total. The third kappa shape index (κ3) is 5.39. The molecule has 0 aliphatic carbocycles. The topological polar surface area (TPSA) is 101 Å². The van der Waals surface area contributed by atoms with Gasteiger partial charge in [-0.25, -0.2) is 13.4 Å². The molecule has 12 heteroatoms. The first-order chi connectivity index (χ1) is 16.5. The van der Waals surface area contributed by atoms with Gasteiger partial charge >= 0.3 is 12.1 Å². The normalized spacial score (nSPS) is 17.1. The minimum Gasteiger partial charge on any atom is -0.480 e. The third-order valence-electron chi connectivity index (χ3n) is 5.65. The molecule has 1 fully saturated rings. The first-order valence-corrected chi connectivity index (χ1v) is 13.0. The molecule has 0 saturated carbocycles. The Kier molecular flexibility index (Phi) is 6.98. The number of sulfonamides is 1. The molecule has 186 valence electrons. The monoisotopic (exact) mass is 526 g/mol. The van der Waals surface area contributed by atoms with Crippen LogP contribution in [0.25, 0.3) is 11.5 Å². The first kappa shape index (κ1) is 25.3. The second-order valence-corrected chi connectivity index (χ2v) is 10.9. The Balaban J connectivity index is 1.43. The number of thioether (sulfide) groups is 1. The van der Waals surface area contributed by atoms with Crippen molar-refractivity contribution in [2.45, 2.75) is 47.5 Å². The van der Waals surface area contributed by atoms with Crippen LogP contribution < -0.4 is 0 Å². The SMILES string of the molecule is Cc1oc(-c2ccc(C(F)(F)F)cc2)nc1CSc1ccc(S(=O)(=O)N2CCCC2C(=O)O)cc1. The molecule has 4 rings (SSSR count). The highest BCUT2D eigenvalue weighted by molar-refractivity contribution is 7.98. The zero-order chi connectivity index (χ0) is 25.4. The highest BCUT2D eigenvalue weighted by Gasteiger charge is 2.39. The van der Waals surface area contributed by atoms with Crippen LogP contribution in [0.1, 0.15) is 29.9 Å². The number of aryl methyl sites for hydroxylation is 1. The molecule has 0 spiro atoms. The van der Waals surface area contributed by atoms with Crippen molar-refractivity contribution in [2.75, 3.05) is 6.54 Å². The summed E-state index contributed by atoms with van der Waals surface area (Å²) in [5.41, 5.74) is 0.283. The summed E-state index contributed by atoms with van der Waals surface area (Å²) in [7, 11) is -3.92. The fourth-order valence-electron chi connectivity index (χ4n) is 3.76. The smallest absolute Gasteiger partial charge is 0.416 e. The Morgan fingerprint density at radius 3 is 2.43 bits per heavy atom. The molecule has 0 bridgehead atoms. The van der Waals surface area contributed by atoms with Crippen LogP contribution in [0.2, 0.25) is 0 Å². The summed E-state index contributed by atoms with van der Waals surface area (Å²) in [4.78, 5) is 16.6. The molecule has 1 aliphatic heterocycles. The third-order valence-corrected chi connectivity index (χ3v) is 8.59. The Labute approximate surface area is 204 Å². The zero-order valence-corrected chi connectivity index (χ0v) is 20.1. The summed E-state index contributed by atoms with van der Waals surface area (Å²) in [6, 6.07) is 9.66. The fraction of sp³-hybridized carbons (Fsp3) is 0.304. The number of aromatic nitrogens is 1. The van der Waals surface area contributed by atoms with Crippen LogP contribution in [-0.2, 0) is 26.7 Å². The fourth-order valence-corrected chi connectivity index (χ4v) is 6.31. The Morgan fingerprint density at radius 1 is 1.17 bits per heavy atom. The van der Waals surface area contributed by atoms with E-state index in [4.69, 9.17) is 4.42 Å². The summed E-state index contributed by atoms with van der Waals surface area (Å²) in [5.74, 6) is -0.0148. The summed E-state index contributed by atoms with van der Waals surface area (Å²) in [6.45, 7) is 1.88. The molecule has 0 radical (unpaired) electrons. The van der Waals surface area contributed by atoms with Gasteiger partial charge in [-0.1, -0.05) is 0 Å². The molecule has 3 aromatic rings. The number of benzene rings is 2. The second kappa shape index (κ2) is 9.67. The van der Waals surface area contributed by atoms with Crippen molar-refractivity contribution in [3.63, 3.8) is 0 Å². The van der Waals surface area contributed by atoms with Crippen LogP contribution in [-0.4, -0.2) is 41.4 Å². The van der Waals surface area contributed by atoms with Crippen LogP contribution in [0.4, 0.5) is 13.2 Å². The van der Waals surface area contributed by atoms with Gasteiger partial charge in [0.1, 0.15) is 11.8 Å². The van der Waals surface area contributed by atoms with E-state index in [0.717, 1.165) is 21.3 Å². The summed E-state index contributed by atoms with van der Waals surface area (Å²) in [5, 5.41) is 9.29. The van der Waals surface area contributed by atoms with E-state index in [1.807, 2.05) is 0 Å². The predicted molar refractivity (Wildman–Crippen MR) is 122 cm³/mol. The molecule has 35 heavy (non-hydrogen) atoms. The molecule has 7 nitrogen and oxygen atoms in total. The van der Waals surface area contributed by atoms with Crippen molar-refractivity contribution in [1.82, 2.24) is 9.29 Å². The number of halogens is 3. The molecule has 1 aliphatic rings. The molecule has 0 amide bonds. The standard InChI is InChI=1S/C23H21F3N2O5S2/c1-14-19(27-21(33-14)15-4-6-16(7-5-15)23(24,25)26)13-34-17-8-10-18(11-9-17)35(31,32)28-12-2-3-20(28)22(29)30/h4-11,20H,2-3,12-13H2,1H3,(H,29,30). The van der Waals surface area contributed by atoms with Crippen LogP contribution in [0, 0.1) is 6.92 Å². The molecule has 1 unspecified atom stereocenters. The van der Waals surface area contributed by atoms with E-state index >= 15 is 0 Å². The Bertz CT molecular complexity index is 1320. The molecule has 2 aromatic carbocycles. The van der Waals surface area contributed by atoms with Gasteiger partial charge in [-0.2, -0.15) is 17.5 Å². The maximum absolute atomic E-state index is 12.9. The summed E-state index contributed by atoms with van der Waals surface area (Å²) < 4.78 is 70.7. The van der Waals surface area contributed by atoms with Gasteiger partial charge in [0.25, 0.3) is 0 Å². The number of alkyl halides is 3. The number of nitrogens with zero attached hydrogens (tertiary/aromatic N) is 2. The first-order valence-electron chi connectivity index (χ1n) is 10.6. The number of carboxylic acid groups (broad SMARTS) is 1. The summed E-state index contributed by atoms with van der Waals surface area (Å²) >= 11 is 1.39. The lowest BCUT2D eigenvalue weighted by Gasteiger charge is -2.21. The van der Waals surface area contributed by atoms with E-state index in [9.17, 15) is 31.5 Å². The number of aliphatic carboxylic acids is 1. The lowest BCUT2D eigenvalue weighted by Crippen LogP contribution is -2.40. The van der Waals surface area contributed by atoms with E-state index in [1.54, 1.807) is 19.1 Å². The van der Waals surface area contributed by atoms with Gasteiger partial charge in [-0.15, -0.1) is 11.8 Å². The summed E-state index contributed by atoms with van der Waals surface area (Å²) in [6.07, 6.45) is -3.64. The highest BCUT2D eigenvalue weighted by atomic mass is 32.2. The largest absolute Gasteiger partial charge is 0.480 e. The number of carboxylic acids is 1. The molecule has 2 heterocycles. The van der Waals surface area contributed by atoms with E-state index in [2.05, 4.69) is 4.98 Å². The zero-order valence-electron chi connectivity index (χ0n) is 18.4. The van der Waals surface area contributed by atoms with Gasteiger partial charge < -0.3 is 9.52 Å². The van der Waals surface area contributed by atoms with Crippen molar-refractivity contribution in [1.29, 1.82) is 0 Å². The number of hydrogen-bond acceptors (Lipinski definition) is 6. The van der Waals surface area contributed by atoms with Crippen molar-refractivity contribution >= 4 is 27.8 Å². The number of rotatable bonds is 7. The van der Waals surface area contributed by atoms with Crippen LogP contribution in [0.15, 0.2) is 62.7 Å². The van der Waals surface area contributed by atoms with Crippen molar-refractivity contribution < 1.29 is 35.9 Å². The van der Waals surface area contributed by atoms with Crippen molar-refractivity contribution in [3.05, 3.63) is 65.5 Å². The van der Waals surface area contributed by atoms with E-state index in [-0.39, 0.29) is 23.8 Å². The quantitative estimate of drug-likeness (QED) is 0.423. The van der Waals surface area contributed by atoms with E-state index in [1.165, 1.54) is 36.0 Å². The molecule has 1 saturated heterocycles. The van der Waals surface area contributed by atoms with Gasteiger partial charge in [-0.3, -0.25) is 4.79 Å². The minimum absolute atomic E-state index is 0.0252. The van der Waals surface area contributed by atoms with Crippen molar-refractivity contribution in [3.8, 4) is 11.5 Å². The number of oxazole rings is 1. The lowest BCUT2D eigenvalue weighted by molar-refractivity contribution is -0.140. The Morgan fingerprint density at radius 2 is 1.83 bits per heavy atom. The molecule has 1 atom stereocenters. The van der Waals surface area contributed by atoms with Gasteiger partial charge in [0.05, 0.1) is 16.2 Å². The minimum atomic E-state index is -4.42. The van der Waals surface area contributed by atoms with Crippen molar-refractivity contribution in [2.24, 2.45) is 0 Å². The molecular weight excluding hydrogens is 505 g/mol. The average Bonchev–Trinajstić information content (AvgIpc) is 3.45. The maximum Gasteiger partial charge on any atom is 0.416 e. The second-order valence-electron chi connectivity index (χ2n) is 7.97. The molecular formula is C23H21F3N2O5S2. The van der Waals surface area contributed by atoms with E-state index < -0.39 is 33.8 Å². The Hall–Kier alpha value is -2.83. The maximum atomic E-state index is 12.9. The van der Waals surface area contributed by atoms with E-state index in [0.29, 0.717) is 29.2 Å². The van der Waals surface area contributed by atoms with Gasteiger partial charge in [-0.05, 0) is 68.3 Å². The van der Waals surface area contributed by atoms with Gasteiger partial charge in [0.2, 0.25) is 15.9 Å².